The van der Waals surface area contributed by atoms with Gasteiger partial charge < -0.3 is 20.1 Å². The molecule has 8 heteroatoms. The van der Waals surface area contributed by atoms with E-state index in [1.54, 1.807) is 14.2 Å². The molecule has 3 rings (SSSR count). The van der Waals surface area contributed by atoms with Crippen molar-refractivity contribution in [1.82, 2.24) is 19.9 Å². The van der Waals surface area contributed by atoms with Crippen LogP contribution in [-0.2, 0) is 6.42 Å². The van der Waals surface area contributed by atoms with Crippen molar-refractivity contribution in [2.45, 2.75) is 13.3 Å². The number of hydrogen-bond acceptors (Lipinski definition) is 5. The Morgan fingerprint density at radius 2 is 2.07 bits per heavy atom. The summed E-state index contributed by atoms with van der Waals surface area (Å²) < 4.78 is 12.9. The van der Waals surface area contributed by atoms with Crippen LogP contribution in [0.1, 0.15) is 12.7 Å². The van der Waals surface area contributed by atoms with Gasteiger partial charge in [-0.25, -0.2) is 0 Å². The van der Waals surface area contributed by atoms with E-state index < -0.39 is 0 Å². The second kappa shape index (κ2) is 8.88. The molecule has 0 radical (unpaired) electrons. The Hall–Kier alpha value is -3.29. The highest BCUT2D eigenvalue weighted by atomic mass is 16.5. The number of guanidine groups is 1. The zero-order chi connectivity index (χ0) is 19.1. The number of methoxy groups -OCH3 is 1. The third kappa shape index (κ3) is 4.46. The lowest BCUT2D eigenvalue weighted by Gasteiger charge is -2.14. The summed E-state index contributed by atoms with van der Waals surface area (Å²) >= 11 is 0. The highest BCUT2D eigenvalue weighted by molar-refractivity contribution is 5.93. The number of hydrogen-bond donors (Lipinski definition) is 2. The van der Waals surface area contributed by atoms with E-state index in [1.807, 2.05) is 53.9 Å². The van der Waals surface area contributed by atoms with Crippen molar-refractivity contribution in [3.05, 3.63) is 48.4 Å². The molecule has 0 atom stereocenters. The minimum atomic E-state index is 0.569. The van der Waals surface area contributed by atoms with Crippen LogP contribution in [0.3, 0.4) is 0 Å². The number of anilines is 1. The second-order valence-corrected chi connectivity index (χ2v) is 5.72. The molecule has 0 unspecified atom stereocenters. The lowest BCUT2D eigenvalue weighted by molar-refractivity contribution is 0.311. The Balaban J connectivity index is 1.60. The minimum absolute atomic E-state index is 0.569. The topological polar surface area (TPSA) is 85.1 Å². The van der Waals surface area contributed by atoms with Gasteiger partial charge in [0.05, 0.1) is 13.7 Å². The molecule has 0 aliphatic heterocycles. The van der Waals surface area contributed by atoms with Gasteiger partial charge >= 0.3 is 0 Å². The van der Waals surface area contributed by atoms with Crippen LogP contribution in [0, 0.1) is 0 Å². The monoisotopic (exact) mass is 368 g/mol. The number of ether oxygens (including phenoxy) is 2. The fourth-order valence-electron chi connectivity index (χ4n) is 2.69. The number of nitrogens with one attached hydrogen (secondary N) is 2. The predicted molar refractivity (Wildman–Crippen MR) is 106 cm³/mol. The van der Waals surface area contributed by atoms with Crippen molar-refractivity contribution in [1.29, 1.82) is 0 Å². The summed E-state index contributed by atoms with van der Waals surface area (Å²) in [5.74, 6) is 2.95. The first-order valence-corrected chi connectivity index (χ1v) is 8.82. The van der Waals surface area contributed by atoms with Crippen molar-refractivity contribution in [3.63, 3.8) is 0 Å². The van der Waals surface area contributed by atoms with Gasteiger partial charge in [-0.2, -0.15) is 0 Å². The molecule has 142 valence electrons. The van der Waals surface area contributed by atoms with E-state index in [4.69, 9.17) is 9.47 Å². The van der Waals surface area contributed by atoms with Crippen molar-refractivity contribution in [3.8, 4) is 11.5 Å². The second-order valence-electron chi connectivity index (χ2n) is 5.72. The Bertz CT molecular complexity index is 921. The molecule has 2 N–H and O–H groups in total. The third-order valence-corrected chi connectivity index (χ3v) is 3.98. The first-order chi connectivity index (χ1) is 13.2. The number of pyridine rings is 1. The van der Waals surface area contributed by atoms with Gasteiger partial charge in [-0.3, -0.25) is 9.39 Å². The van der Waals surface area contributed by atoms with Gasteiger partial charge in [0.25, 0.3) is 0 Å². The van der Waals surface area contributed by atoms with Crippen LogP contribution in [0.5, 0.6) is 11.5 Å². The summed E-state index contributed by atoms with van der Waals surface area (Å²) in [4.78, 5) is 4.26. The molecule has 0 fully saturated rings. The Labute approximate surface area is 158 Å². The van der Waals surface area contributed by atoms with Crippen LogP contribution >= 0.6 is 0 Å². The van der Waals surface area contributed by atoms with Crippen LogP contribution in [0.15, 0.2) is 47.6 Å². The fraction of sp³-hybridized carbons (Fsp3) is 0.316. The summed E-state index contributed by atoms with van der Waals surface area (Å²) in [6.07, 6.45) is 2.68. The normalized spacial score (nSPS) is 11.4. The van der Waals surface area contributed by atoms with E-state index in [2.05, 4.69) is 25.8 Å². The molecular formula is C19H24N6O2. The number of benzene rings is 1. The summed E-state index contributed by atoms with van der Waals surface area (Å²) in [6.45, 7) is 3.18. The molecule has 0 saturated carbocycles. The van der Waals surface area contributed by atoms with Gasteiger partial charge in [0.1, 0.15) is 5.82 Å². The molecule has 0 amide bonds. The maximum absolute atomic E-state index is 5.61. The average molecular weight is 368 g/mol. The Morgan fingerprint density at radius 1 is 1.19 bits per heavy atom. The molecule has 3 aromatic rings. The summed E-state index contributed by atoms with van der Waals surface area (Å²) in [6, 6.07) is 11.5. The first kappa shape index (κ1) is 18.5. The van der Waals surface area contributed by atoms with E-state index in [-0.39, 0.29) is 0 Å². The maximum Gasteiger partial charge on any atom is 0.195 e. The van der Waals surface area contributed by atoms with Crippen LogP contribution in [0.4, 0.5) is 5.69 Å². The van der Waals surface area contributed by atoms with E-state index in [9.17, 15) is 0 Å². The number of nitrogens with zero attached hydrogens (tertiary/aromatic N) is 4. The van der Waals surface area contributed by atoms with E-state index >= 15 is 0 Å². The average Bonchev–Trinajstić information content (AvgIpc) is 3.11. The third-order valence-electron chi connectivity index (χ3n) is 3.98. The van der Waals surface area contributed by atoms with Gasteiger partial charge in [-0.15, -0.1) is 10.2 Å². The van der Waals surface area contributed by atoms with Gasteiger partial charge in [0.15, 0.2) is 23.1 Å². The molecule has 2 heterocycles. The lowest BCUT2D eigenvalue weighted by Crippen LogP contribution is -2.32. The molecule has 1 aromatic carbocycles. The van der Waals surface area contributed by atoms with E-state index in [0.29, 0.717) is 30.6 Å². The largest absolute Gasteiger partial charge is 0.493 e. The SMILES string of the molecule is CCOc1cc(NC(=NC)NCCc2nnc3ccccn23)ccc1OC. The molecule has 0 bridgehead atoms. The predicted octanol–water partition coefficient (Wildman–Crippen LogP) is 2.37. The fourth-order valence-corrected chi connectivity index (χ4v) is 2.69. The molecule has 8 nitrogen and oxygen atoms in total. The maximum atomic E-state index is 5.61. The van der Waals surface area contributed by atoms with Gasteiger partial charge in [0, 0.05) is 38.0 Å². The van der Waals surface area contributed by atoms with Crippen LogP contribution in [-0.4, -0.2) is 47.9 Å². The minimum Gasteiger partial charge on any atom is -0.493 e. The molecule has 0 aliphatic rings. The lowest BCUT2D eigenvalue weighted by atomic mass is 10.2. The quantitative estimate of drug-likeness (QED) is 0.492. The van der Waals surface area contributed by atoms with Gasteiger partial charge in [-0.1, -0.05) is 6.07 Å². The van der Waals surface area contributed by atoms with Gasteiger partial charge in [-0.05, 0) is 31.2 Å². The molecular weight excluding hydrogens is 344 g/mol. The Morgan fingerprint density at radius 3 is 2.85 bits per heavy atom. The highest BCUT2D eigenvalue weighted by Crippen LogP contribution is 2.30. The smallest absolute Gasteiger partial charge is 0.195 e. The standard InChI is InChI=1S/C19H24N6O2/c1-4-27-16-13-14(8-9-15(16)26-3)22-19(20-2)21-11-10-18-24-23-17-7-5-6-12-25(17)18/h5-9,12-13H,4,10-11H2,1-3H3,(H2,20,21,22). The Kier molecular flexibility index (Phi) is 6.09. The van der Waals surface area contributed by atoms with Crippen LogP contribution in [0.2, 0.25) is 0 Å². The molecule has 0 saturated heterocycles. The van der Waals surface area contributed by atoms with Crippen molar-refractivity contribution in [2.24, 2.45) is 4.99 Å². The van der Waals surface area contributed by atoms with Crippen molar-refractivity contribution < 1.29 is 9.47 Å². The first-order valence-electron chi connectivity index (χ1n) is 8.82. The van der Waals surface area contributed by atoms with Crippen molar-refractivity contribution in [2.75, 3.05) is 32.6 Å². The molecule has 0 spiro atoms. The molecule has 0 aliphatic carbocycles. The highest BCUT2D eigenvalue weighted by Gasteiger charge is 2.08. The van der Waals surface area contributed by atoms with Gasteiger partial charge in [0.2, 0.25) is 0 Å². The summed E-state index contributed by atoms with van der Waals surface area (Å²) in [7, 11) is 3.36. The van der Waals surface area contributed by atoms with E-state index in [0.717, 1.165) is 23.6 Å². The van der Waals surface area contributed by atoms with Crippen LogP contribution < -0.4 is 20.1 Å². The number of rotatable bonds is 7. The molecule has 2 aromatic heterocycles. The number of aliphatic imine (C=N–C) groups is 1. The van der Waals surface area contributed by atoms with Crippen LogP contribution in [0.25, 0.3) is 5.65 Å². The molecule has 27 heavy (non-hydrogen) atoms. The number of fused-ring (bicyclic) bond motifs is 1. The summed E-state index contributed by atoms with van der Waals surface area (Å²) in [5, 5.41) is 14.9. The zero-order valence-electron chi connectivity index (χ0n) is 15.8. The van der Waals surface area contributed by atoms with Crippen molar-refractivity contribution >= 4 is 17.3 Å². The summed E-state index contributed by atoms with van der Waals surface area (Å²) in [5.41, 5.74) is 1.71. The van der Waals surface area contributed by atoms with E-state index in [1.165, 1.54) is 0 Å². The number of aromatic nitrogens is 3. The zero-order valence-corrected chi connectivity index (χ0v) is 15.8.